The van der Waals surface area contributed by atoms with Crippen LogP contribution in [0.4, 0.5) is 22.0 Å². The van der Waals surface area contributed by atoms with Crippen molar-refractivity contribution < 1.29 is 36.2 Å². The molecule has 0 saturated carbocycles. The summed E-state index contributed by atoms with van der Waals surface area (Å²) in [5, 5.41) is 0. The Bertz CT molecular complexity index is 552. The Morgan fingerprint density at radius 3 is 2.19 bits per heavy atom. The van der Waals surface area contributed by atoms with Crippen molar-refractivity contribution in [2.75, 3.05) is 6.61 Å². The van der Waals surface area contributed by atoms with Gasteiger partial charge in [0.25, 0.3) is 0 Å². The lowest BCUT2D eigenvalue weighted by molar-refractivity contribution is -0.360. The van der Waals surface area contributed by atoms with Crippen LogP contribution < -0.4 is 4.74 Å². The second-order valence-electron chi connectivity index (χ2n) is 3.61. The first-order valence-corrected chi connectivity index (χ1v) is 5.58. The fourth-order valence-corrected chi connectivity index (χ4v) is 1.10. The maximum Gasteiger partial charge on any atom is 0.499 e. The summed E-state index contributed by atoms with van der Waals surface area (Å²) in [6, 6.07) is 4.03. The van der Waals surface area contributed by atoms with Gasteiger partial charge in [0.05, 0.1) is 6.61 Å². The van der Waals surface area contributed by atoms with Gasteiger partial charge in [-0.15, -0.1) is 0 Å². The van der Waals surface area contributed by atoms with Gasteiger partial charge >= 0.3 is 18.3 Å². The summed E-state index contributed by atoms with van der Waals surface area (Å²) in [4.78, 5) is 10.9. The van der Waals surface area contributed by atoms with Gasteiger partial charge in [-0.2, -0.15) is 22.0 Å². The molecule has 0 unspecified atom stereocenters. The molecule has 0 spiro atoms. The summed E-state index contributed by atoms with van der Waals surface area (Å²) in [7, 11) is 0. The zero-order valence-electron chi connectivity index (χ0n) is 10.6. The van der Waals surface area contributed by atoms with Gasteiger partial charge in [0.2, 0.25) is 0 Å². The van der Waals surface area contributed by atoms with E-state index in [0.717, 1.165) is 24.3 Å². The lowest BCUT2D eigenvalue weighted by Gasteiger charge is -2.19. The molecule has 0 aliphatic carbocycles. The second kappa shape index (κ2) is 6.43. The minimum atomic E-state index is -5.81. The molecule has 3 nitrogen and oxygen atoms in total. The Hall–Kier alpha value is -2.30. The number of benzene rings is 1. The van der Waals surface area contributed by atoms with Crippen LogP contribution in [0.3, 0.4) is 0 Å². The Morgan fingerprint density at radius 2 is 1.71 bits per heavy atom. The van der Waals surface area contributed by atoms with E-state index in [2.05, 4.69) is 21.3 Å². The fraction of sp³-hybridized carbons (Fsp3) is 0.308. The monoisotopic (exact) mass is 308 g/mol. The predicted molar refractivity (Wildman–Crippen MR) is 61.6 cm³/mol. The van der Waals surface area contributed by atoms with E-state index in [1.54, 1.807) is 6.92 Å². The van der Waals surface area contributed by atoms with Crippen molar-refractivity contribution in [3.8, 4) is 17.6 Å². The van der Waals surface area contributed by atoms with Gasteiger partial charge in [-0.1, -0.05) is 5.92 Å². The highest BCUT2D eigenvalue weighted by molar-refractivity contribution is 5.89. The molecule has 0 aliphatic rings. The van der Waals surface area contributed by atoms with Gasteiger partial charge < -0.3 is 9.47 Å². The summed E-state index contributed by atoms with van der Waals surface area (Å²) in [5.41, 5.74) is 0.228. The van der Waals surface area contributed by atoms with Gasteiger partial charge in [0, 0.05) is 11.5 Å². The molecule has 0 fully saturated rings. The lowest BCUT2D eigenvalue weighted by atomic mass is 10.2. The minimum absolute atomic E-state index is 0.146. The predicted octanol–water partition coefficient (Wildman–Crippen LogP) is 3.14. The Morgan fingerprint density at radius 1 is 1.14 bits per heavy atom. The first-order valence-electron chi connectivity index (χ1n) is 5.58. The Kier molecular flexibility index (Phi) is 5.13. The van der Waals surface area contributed by atoms with Crippen molar-refractivity contribution in [3.63, 3.8) is 0 Å². The van der Waals surface area contributed by atoms with Crippen LogP contribution in [-0.2, 0) is 9.53 Å². The second-order valence-corrected chi connectivity index (χ2v) is 3.61. The number of carbonyl (C=O) groups is 1. The molecule has 0 bridgehead atoms. The van der Waals surface area contributed by atoms with Crippen molar-refractivity contribution in [3.05, 3.63) is 29.8 Å². The number of rotatable bonds is 3. The van der Waals surface area contributed by atoms with Crippen LogP contribution >= 0.6 is 0 Å². The molecule has 21 heavy (non-hydrogen) atoms. The van der Waals surface area contributed by atoms with Crippen molar-refractivity contribution in [1.29, 1.82) is 0 Å². The molecule has 0 aromatic heterocycles. The molecular formula is C13H9F5O3. The largest absolute Gasteiger partial charge is 0.499 e. The highest BCUT2D eigenvalue weighted by Crippen LogP contribution is 2.37. The fourth-order valence-electron chi connectivity index (χ4n) is 1.10. The van der Waals surface area contributed by atoms with E-state index < -0.39 is 24.0 Å². The third-order valence-electron chi connectivity index (χ3n) is 2.01. The number of alkyl halides is 5. The van der Waals surface area contributed by atoms with E-state index in [4.69, 9.17) is 0 Å². The quantitative estimate of drug-likeness (QED) is 0.489. The number of hydrogen-bond acceptors (Lipinski definition) is 3. The van der Waals surface area contributed by atoms with E-state index in [1.807, 2.05) is 0 Å². The van der Waals surface area contributed by atoms with Crippen molar-refractivity contribution >= 4 is 5.97 Å². The average Bonchev–Trinajstić information content (AvgIpc) is 2.36. The van der Waals surface area contributed by atoms with E-state index in [1.165, 1.54) is 0 Å². The first kappa shape index (κ1) is 16.8. The van der Waals surface area contributed by atoms with Gasteiger partial charge in [0.1, 0.15) is 5.75 Å². The van der Waals surface area contributed by atoms with Crippen LogP contribution in [-0.4, -0.2) is 24.9 Å². The molecule has 1 aromatic rings. The van der Waals surface area contributed by atoms with E-state index in [9.17, 15) is 26.7 Å². The van der Waals surface area contributed by atoms with Crippen LogP contribution in [0.5, 0.6) is 5.75 Å². The molecule has 1 rings (SSSR count). The van der Waals surface area contributed by atoms with Crippen LogP contribution in [0.25, 0.3) is 0 Å². The molecule has 0 heterocycles. The molecule has 0 radical (unpaired) electrons. The molecule has 8 heteroatoms. The highest BCUT2D eigenvalue weighted by atomic mass is 19.4. The molecule has 1 aromatic carbocycles. The zero-order valence-corrected chi connectivity index (χ0v) is 10.6. The van der Waals surface area contributed by atoms with Gasteiger partial charge in [0.15, 0.2) is 0 Å². The van der Waals surface area contributed by atoms with E-state index in [-0.39, 0.29) is 12.2 Å². The van der Waals surface area contributed by atoms with Crippen molar-refractivity contribution in [2.24, 2.45) is 0 Å². The molecule has 0 N–H and O–H groups in total. The number of esters is 1. The topological polar surface area (TPSA) is 35.5 Å². The maximum absolute atomic E-state index is 12.6. The maximum atomic E-state index is 12.6. The van der Waals surface area contributed by atoms with Gasteiger partial charge in [-0.25, -0.2) is 4.79 Å². The summed E-state index contributed by atoms with van der Waals surface area (Å²) in [6.07, 6.45) is -11.1. The Balaban J connectivity index is 2.77. The average molecular weight is 308 g/mol. The SMILES string of the molecule is CCOC(=O)C#Cc1ccc(OC(F)(F)C(F)(F)F)cc1. The van der Waals surface area contributed by atoms with Gasteiger partial charge in [-0.3, -0.25) is 0 Å². The minimum Gasteiger partial charge on any atom is -0.456 e. The summed E-state index contributed by atoms with van der Waals surface area (Å²) in [6.45, 7) is 1.74. The third-order valence-corrected chi connectivity index (χ3v) is 2.01. The lowest BCUT2D eigenvalue weighted by Crippen LogP contribution is -2.41. The smallest absolute Gasteiger partial charge is 0.456 e. The molecule has 0 saturated heterocycles. The molecule has 0 aliphatic heterocycles. The summed E-state index contributed by atoms with van der Waals surface area (Å²) in [5.74, 6) is 3.01. The number of hydrogen-bond donors (Lipinski definition) is 0. The van der Waals surface area contributed by atoms with E-state index >= 15 is 0 Å². The molecule has 0 amide bonds. The summed E-state index contributed by atoms with van der Waals surface area (Å²) >= 11 is 0. The normalized spacial score (nSPS) is 11.3. The highest BCUT2D eigenvalue weighted by Gasteiger charge is 2.61. The van der Waals surface area contributed by atoms with Crippen molar-refractivity contribution in [2.45, 2.75) is 19.2 Å². The Labute approximate surface area is 116 Å². The number of carbonyl (C=O) groups excluding carboxylic acids is 1. The molecular weight excluding hydrogens is 299 g/mol. The van der Waals surface area contributed by atoms with Crippen LogP contribution in [0.15, 0.2) is 24.3 Å². The number of ether oxygens (including phenoxy) is 2. The van der Waals surface area contributed by atoms with Crippen LogP contribution in [0.1, 0.15) is 12.5 Å². The zero-order chi connectivity index (χ0) is 16.1. The molecule has 0 atom stereocenters. The first-order chi connectivity index (χ1) is 9.65. The number of halogens is 5. The van der Waals surface area contributed by atoms with Crippen LogP contribution in [0.2, 0.25) is 0 Å². The standard InChI is InChI=1S/C13H9F5O3/c1-2-20-11(19)8-5-9-3-6-10(7-4-9)21-13(17,18)12(14,15)16/h3-4,6-7H,2H2,1H3. The van der Waals surface area contributed by atoms with Gasteiger partial charge in [-0.05, 0) is 31.2 Å². The van der Waals surface area contributed by atoms with Crippen LogP contribution in [0, 0.1) is 11.8 Å². The van der Waals surface area contributed by atoms with E-state index in [0.29, 0.717) is 0 Å². The van der Waals surface area contributed by atoms with Crippen molar-refractivity contribution in [1.82, 2.24) is 0 Å². The summed E-state index contributed by atoms with van der Waals surface area (Å²) < 4.78 is 69.2. The molecule has 114 valence electrons. The third kappa shape index (κ3) is 4.95.